The molecule has 2 bridgehead atoms. The van der Waals surface area contributed by atoms with Crippen molar-refractivity contribution in [3.63, 3.8) is 0 Å². The minimum absolute atomic E-state index is 0.0200. The molecule has 1 saturated carbocycles. The lowest BCUT2D eigenvalue weighted by atomic mass is 9.70. The van der Waals surface area contributed by atoms with Gasteiger partial charge < -0.3 is 15.1 Å². The van der Waals surface area contributed by atoms with E-state index in [1.807, 2.05) is 41.0 Å². The average Bonchev–Trinajstić information content (AvgIpc) is 2.59. The van der Waals surface area contributed by atoms with Crippen LogP contribution < -0.4 is 15.1 Å². The van der Waals surface area contributed by atoms with Gasteiger partial charge in [0.05, 0.1) is 23.5 Å². The first kappa shape index (κ1) is 17.5. The first-order chi connectivity index (χ1) is 12.5. The van der Waals surface area contributed by atoms with Crippen molar-refractivity contribution in [2.45, 2.75) is 64.6 Å². The Balaban J connectivity index is 1.62. The molecule has 2 fully saturated rings. The topological polar surface area (TPSA) is 52.7 Å². The average molecular weight is 355 g/mol. The monoisotopic (exact) mass is 355 g/mol. The molecule has 1 aliphatic carbocycles. The maximum absolute atomic E-state index is 13.4. The van der Waals surface area contributed by atoms with Crippen LogP contribution in [-0.2, 0) is 9.59 Å². The van der Waals surface area contributed by atoms with Crippen LogP contribution in [0.3, 0.4) is 0 Å². The molecule has 0 radical (unpaired) electrons. The smallest absolute Gasteiger partial charge is 0.244 e. The second-order valence-corrected chi connectivity index (χ2v) is 8.29. The quantitative estimate of drug-likeness (QED) is 0.843. The maximum atomic E-state index is 13.4. The Morgan fingerprint density at radius 1 is 1.12 bits per heavy atom. The summed E-state index contributed by atoms with van der Waals surface area (Å²) in [5.74, 6) is 1.50. The third-order valence-corrected chi connectivity index (χ3v) is 6.65. The summed E-state index contributed by atoms with van der Waals surface area (Å²) in [5, 5.41) is 3.64. The predicted molar refractivity (Wildman–Crippen MR) is 103 cm³/mol. The van der Waals surface area contributed by atoms with Crippen LogP contribution in [0.5, 0.6) is 0 Å². The number of nitrogens with zero attached hydrogens (tertiary/aromatic N) is 2. The largest absolute Gasteiger partial charge is 0.307 e. The third-order valence-electron chi connectivity index (χ3n) is 6.65. The summed E-state index contributed by atoms with van der Waals surface area (Å²) >= 11 is 0. The summed E-state index contributed by atoms with van der Waals surface area (Å²) in [5.41, 5.74) is 1.70. The Bertz CT molecular complexity index is 705. The number of amides is 2. The van der Waals surface area contributed by atoms with Gasteiger partial charge in [-0.15, -0.1) is 0 Å². The second-order valence-electron chi connectivity index (χ2n) is 8.29. The molecule has 4 unspecified atom stereocenters. The molecular formula is C21H29N3O2. The van der Waals surface area contributed by atoms with Gasteiger partial charge in [-0.05, 0) is 43.7 Å². The number of benzene rings is 1. The number of hydrogen-bond donors (Lipinski definition) is 1. The molecule has 5 nitrogen and oxygen atoms in total. The van der Waals surface area contributed by atoms with Gasteiger partial charge in [-0.2, -0.15) is 0 Å². The molecule has 2 amide bonds. The summed E-state index contributed by atoms with van der Waals surface area (Å²) in [6, 6.07) is 8.11. The standard InChI is InChI=1S/C21H29N3O2/c1-13-12-23(19-9-4-5-10-20(19)24(13)15(3)25)21(26)18-11-16-7-6-8-17(22-18)14(16)2/h4-5,9-10,13-14,16-18,22H,6-8,11-12H2,1-3H3/t13-,14?,16?,17?,18?/m0/s1. The number of fused-ring (bicyclic) bond motifs is 3. The summed E-state index contributed by atoms with van der Waals surface area (Å²) in [7, 11) is 0. The minimum Gasteiger partial charge on any atom is -0.307 e. The van der Waals surface area contributed by atoms with Crippen molar-refractivity contribution in [1.82, 2.24) is 5.32 Å². The fourth-order valence-corrected chi connectivity index (χ4v) is 5.28. The molecule has 26 heavy (non-hydrogen) atoms. The Hall–Kier alpha value is -1.88. The van der Waals surface area contributed by atoms with Crippen molar-refractivity contribution in [2.75, 3.05) is 16.3 Å². The van der Waals surface area contributed by atoms with Crippen LogP contribution in [0.1, 0.15) is 46.5 Å². The molecule has 140 valence electrons. The SMILES string of the molecule is CC(=O)N1c2ccccc2N(C(=O)C2CC3CCCC(N2)C3C)C[C@@H]1C. The highest BCUT2D eigenvalue weighted by molar-refractivity contribution is 6.05. The van der Waals surface area contributed by atoms with Gasteiger partial charge in [-0.3, -0.25) is 9.59 Å². The van der Waals surface area contributed by atoms with Crippen LogP contribution in [0.25, 0.3) is 0 Å². The van der Waals surface area contributed by atoms with Crippen LogP contribution in [0.15, 0.2) is 24.3 Å². The second kappa shape index (κ2) is 6.69. The van der Waals surface area contributed by atoms with Crippen LogP contribution >= 0.6 is 0 Å². The van der Waals surface area contributed by atoms with E-state index >= 15 is 0 Å². The molecule has 1 aromatic rings. The number of rotatable bonds is 1. The number of para-hydroxylation sites is 2. The van der Waals surface area contributed by atoms with Gasteiger partial charge >= 0.3 is 0 Å². The van der Waals surface area contributed by atoms with E-state index in [-0.39, 0.29) is 23.9 Å². The molecule has 3 aliphatic rings. The van der Waals surface area contributed by atoms with Gasteiger partial charge in [0.1, 0.15) is 0 Å². The number of hydrogen-bond acceptors (Lipinski definition) is 3. The van der Waals surface area contributed by atoms with Gasteiger partial charge in [0.2, 0.25) is 11.8 Å². The van der Waals surface area contributed by atoms with Gasteiger partial charge in [0.25, 0.3) is 0 Å². The molecule has 1 N–H and O–H groups in total. The first-order valence-corrected chi connectivity index (χ1v) is 9.93. The molecule has 5 atom stereocenters. The van der Waals surface area contributed by atoms with Crippen molar-refractivity contribution in [3.05, 3.63) is 24.3 Å². The normalized spacial score (nSPS) is 33.6. The third kappa shape index (κ3) is 2.82. The molecule has 1 saturated heterocycles. The fraction of sp³-hybridized carbons (Fsp3) is 0.619. The van der Waals surface area contributed by atoms with Gasteiger partial charge in [-0.25, -0.2) is 0 Å². The molecule has 4 rings (SSSR count). The summed E-state index contributed by atoms with van der Waals surface area (Å²) in [6.45, 7) is 6.49. The molecule has 2 heterocycles. The van der Waals surface area contributed by atoms with Crippen LogP contribution in [0.2, 0.25) is 0 Å². The molecule has 0 spiro atoms. The fourth-order valence-electron chi connectivity index (χ4n) is 5.28. The highest BCUT2D eigenvalue weighted by Crippen LogP contribution is 2.40. The van der Waals surface area contributed by atoms with Crippen molar-refractivity contribution in [1.29, 1.82) is 0 Å². The number of piperidine rings is 1. The predicted octanol–water partition coefficient (Wildman–Crippen LogP) is 2.94. The Labute approximate surface area is 155 Å². The zero-order chi connectivity index (χ0) is 18.4. The maximum Gasteiger partial charge on any atom is 0.244 e. The molecule has 2 aliphatic heterocycles. The van der Waals surface area contributed by atoms with Crippen molar-refractivity contribution in [3.8, 4) is 0 Å². The summed E-state index contributed by atoms with van der Waals surface area (Å²) < 4.78 is 0. The summed E-state index contributed by atoms with van der Waals surface area (Å²) in [6.07, 6.45) is 4.62. The Morgan fingerprint density at radius 2 is 1.85 bits per heavy atom. The highest BCUT2D eigenvalue weighted by Gasteiger charge is 2.42. The van der Waals surface area contributed by atoms with E-state index in [1.54, 1.807) is 6.92 Å². The zero-order valence-corrected chi connectivity index (χ0v) is 15.9. The molecule has 0 aromatic heterocycles. The van der Waals surface area contributed by atoms with Gasteiger partial charge in [-0.1, -0.05) is 31.9 Å². The zero-order valence-electron chi connectivity index (χ0n) is 15.9. The van der Waals surface area contributed by atoms with Gasteiger partial charge in [0, 0.05) is 19.5 Å². The molecule has 5 heteroatoms. The van der Waals surface area contributed by atoms with Gasteiger partial charge in [0.15, 0.2) is 0 Å². The Kier molecular flexibility index (Phi) is 4.51. The van der Waals surface area contributed by atoms with Crippen LogP contribution in [0.4, 0.5) is 11.4 Å². The number of nitrogens with one attached hydrogen (secondary N) is 1. The lowest BCUT2D eigenvalue weighted by molar-refractivity contribution is -0.123. The van der Waals surface area contributed by atoms with E-state index in [9.17, 15) is 9.59 Å². The van der Waals surface area contributed by atoms with E-state index in [1.165, 1.54) is 19.3 Å². The number of anilines is 2. The van der Waals surface area contributed by atoms with Crippen LogP contribution in [0, 0.1) is 11.8 Å². The number of carbonyl (C=O) groups excluding carboxylic acids is 2. The number of carbonyl (C=O) groups is 2. The Morgan fingerprint density at radius 3 is 2.54 bits per heavy atom. The first-order valence-electron chi connectivity index (χ1n) is 9.93. The van der Waals surface area contributed by atoms with Crippen LogP contribution in [-0.4, -0.2) is 36.5 Å². The van der Waals surface area contributed by atoms with Crippen molar-refractivity contribution >= 4 is 23.2 Å². The van der Waals surface area contributed by atoms with E-state index < -0.39 is 0 Å². The molecule has 1 aromatic carbocycles. The lowest BCUT2D eigenvalue weighted by Crippen LogP contribution is -2.61. The van der Waals surface area contributed by atoms with E-state index in [0.29, 0.717) is 24.4 Å². The highest BCUT2D eigenvalue weighted by atomic mass is 16.2. The van der Waals surface area contributed by atoms with E-state index in [4.69, 9.17) is 0 Å². The van der Waals surface area contributed by atoms with E-state index in [2.05, 4.69) is 12.2 Å². The van der Waals surface area contributed by atoms with Crippen molar-refractivity contribution < 1.29 is 9.59 Å². The van der Waals surface area contributed by atoms with Crippen molar-refractivity contribution in [2.24, 2.45) is 11.8 Å². The summed E-state index contributed by atoms with van der Waals surface area (Å²) in [4.78, 5) is 29.3. The molecular weight excluding hydrogens is 326 g/mol. The minimum atomic E-state index is -0.106. The van der Waals surface area contributed by atoms with E-state index in [0.717, 1.165) is 17.8 Å². The lowest BCUT2D eigenvalue weighted by Gasteiger charge is -2.47.